The number of rotatable bonds is 4. The molecule has 1 rings (SSSR count). The molecule has 1 unspecified atom stereocenters. The van der Waals surface area contributed by atoms with E-state index in [9.17, 15) is 19.7 Å². The summed E-state index contributed by atoms with van der Waals surface area (Å²) in [5, 5.41) is 13.2. The van der Waals surface area contributed by atoms with E-state index < -0.39 is 22.6 Å². The molecule has 0 saturated carbocycles. The molecule has 1 aromatic carbocycles. The third-order valence-corrected chi connectivity index (χ3v) is 2.88. The smallest absolute Gasteiger partial charge is 0.300 e. The van der Waals surface area contributed by atoms with Crippen LogP contribution in [0.1, 0.15) is 17.3 Å². The number of para-hydroxylation sites is 1. The van der Waals surface area contributed by atoms with Crippen LogP contribution < -0.4 is 5.32 Å². The predicted molar refractivity (Wildman–Crippen MR) is 73.7 cm³/mol. The van der Waals surface area contributed by atoms with Crippen molar-refractivity contribution in [3.8, 4) is 0 Å². The lowest BCUT2D eigenvalue weighted by Gasteiger charge is -2.18. The topological polar surface area (TPSA) is 92.5 Å². The Morgan fingerprint density at radius 2 is 2.00 bits per heavy atom. The Labute approximate surface area is 120 Å². The maximum absolute atomic E-state index is 12.0. The van der Waals surface area contributed by atoms with Gasteiger partial charge in [0.15, 0.2) is 0 Å². The van der Waals surface area contributed by atoms with Crippen molar-refractivity contribution < 1.29 is 14.5 Å². The van der Waals surface area contributed by atoms with Crippen LogP contribution in [0, 0.1) is 10.1 Å². The van der Waals surface area contributed by atoms with Gasteiger partial charge in [-0.05, 0) is 19.1 Å². The van der Waals surface area contributed by atoms with E-state index in [1.807, 2.05) is 0 Å². The molecule has 0 bridgehead atoms. The molecule has 0 saturated heterocycles. The maximum atomic E-state index is 12.0. The van der Waals surface area contributed by atoms with Crippen molar-refractivity contribution in [1.82, 2.24) is 10.2 Å². The third-order valence-electron chi connectivity index (χ3n) is 2.57. The van der Waals surface area contributed by atoms with E-state index in [4.69, 9.17) is 11.6 Å². The van der Waals surface area contributed by atoms with Crippen LogP contribution in [0.25, 0.3) is 0 Å². The summed E-state index contributed by atoms with van der Waals surface area (Å²) < 4.78 is 0. The van der Waals surface area contributed by atoms with Crippen molar-refractivity contribution >= 4 is 29.1 Å². The monoisotopic (exact) mass is 299 g/mol. The normalized spacial score (nSPS) is 11.6. The quantitative estimate of drug-likeness (QED) is 0.673. The van der Waals surface area contributed by atoms with Gasteiger partial charge in [-0.25, -0.2) is 0 Å². The van der Waals surface area contributed by atoms with E-state index in [1.165, 1.54) is 30.0 Å². The zero-order chi connectivity index (χ0) is 15.4. The summed E-state index contributed by atoms with van der Waals surface area (Å²) >= 11 is 5.72. The Morgan fingerprint density at radius 3 is 2.50 bits per heavy atom. The second-order valence-corrected chi connectivity index (χ2v) is 4.73. The molecule has 1 atom stereocenters. The number of hydrogen-bond donors (Lipinski definition) is 1. The molecule has 0 aromatic heterocycles. The average molecular weight is 300 g/mol. The molecule has 0 fully saturated rings. The first-order valence-electron chi connectivity index (χ1n) is 5.70. The first-order chi connectivity index (χ1) is 9.25. The zero-order valence-corrected chi connectivity index (χ0v) is 12.0. The van der Waals surface area contributed by atoms with Gasteiger partial charge in [0.1, 0.15) is 16.6 Å². The number of nitro groups is 1. The molecule has 7 nitrogen and oxygen atoms in total. The summed E-state index contributed by atoms with van der Waals surface area (Å²) in [6, 6.07) is 3.25. The molecular formula is C12H14ClN3O4. The van der Waals surface area contributed by atoms with Crippen molar-refractivity contribution in [1.29, 1.82) is 0 Å². The van der Waals surface area contributed by atoms with Crippen molar-refractivity contribution in [2.75, 3.05) is 14.1 Å². The van der Waals surface area contributed by atoms with Gasteiger partial charge in [-0.3, -0.25) is 19.7 Å². The van der Waals surface area contributed by atoms with Crippen LogP contribution in [0.5, 0.6) is 0 Å². The number of likely N-dealkylation sites (N-methyl/N-ethyl adjacent to an activating group) is 1. The number of nitrogens with one attached hydrogen (secondary N) is 1. The van der Waals surface area contributed by atoms with Crippen molar-refractivity contribution in [3.63, 3.8) is 0 Å². The average Bonchev–Trinajstić information content (AvgIpc) is 2.36. The molecule has 0 aliphatic rings. The molecule has 20 heavy (non-hydrogen) atoms. The molecule has 0 heterocycles. The van der Waals surface area contributed by atoms with Gasteiger partial charge >= 0.3 is 5.69 Å². The second kappa shape index (κ2) is 6.33. The highest BCUT2D eigenvalue weighted by atomic mass is 35.5. The van der Waals surface area contributed by atoms with Gasteiger partial charge in [-0.2, -0.15) is 0 Å². The van der Waals surface area contributed by atoms with Crippen LogP contribution in [0.3, 0.4) is 0 Å². The largest absolute Gasteiger partial charge is 0.347 e. The van der Waals surface area contributed by atoms with Crippen molar-refractivity contribution in [3.05, 3.63) is 38.9 Å². The summed E-state index contributed by atoms with van der Waals surface area (Å²) in [6.45, 7) is 1.50. The zero-order valence-electron chi connectivity index (χ0n) is 11.2. The van der Waals surface area contributed by atoms with Crippen LogP contribution in [0.4, 0.5) is 5.69 Å². The third kappa shape index (κ3) is 3.45. The Bertz CT molecular complexity index is 560. The number of benzene rings is 1. The van der Waals surface area contributed by atoms with Gasteiger partial charge in [0.05, 0.1) is 4.92 Å². The van der Waals surface area contributed by atoms with Crippen molar-refractivity contribution in [2.45, 2.75) is 13.0 Å². The van der Waals surface area contributed by atoms with Crippen LogP contribution in [-0.2, 0) is 4.79 Å². The summed E-state index contributed by atoms with van der Waals surface area (Å²) in [5.74, 6) is -1.04. The van der Waals surface area contributed by atoms with Crippen LogP contribution in [-0.4, -0.2) is 41.8 Å². The molecule has 0 aliphatic carbocycles. The van der Waals surface area contributed by atoms with Gasteiger partial charge < -0.3 is 10.2 Å². The molecule has 0 aliphatic heterocycles. The summed E-state index contributed by atoms with van der Waals surface area (Å²) in [4.78, 5) is 35.2. The van der Waals surface area contributed by atoms with E-state index in [1.54, 1.807) is 14.1 Å². The number of amides is 2. The summed E-state index contributed by atoms with van der Waals surface area (Å²) in [7, 11) is 3.10. The Balaban J connectivity index is 3.02. The van der Waals surface area contributed by atoms with E-state index in [0.717, 1.165) is 0 Å². The molecule has 1 aromatic rings. The number of nitrogens with zero attached hydrogens (tertiary/aromatic N) is 2. The Morgan fingerprint density at radius 1 is 1.40 bits per heavy atom. The maximum Gasteiger partial charge on any atom is 0.300 e. The second-order valence-electron chi connectivity index (χ2n) is 4.32. The SMILES string of the molecule is CC(NC(=O)c1cccc(Cl)c1[N+](=O)[O-])C(=O)N(C)C. The van der Waals surface area contributed by atoms with E-state index in [0.29, 0.717) is 0 Å². The number of carbonyl (C=O) groups excluding carboxylic acids is 2. The molecule has 2 amide bonds. The van der Waals surface area contributed by atoms with Gasteiger partial charge in [0, 0.05) is 14.1 Å². The Kier molecular flexibility index (Phi) is 5.04. The lowest BCUT2D eigenvalue weighted by molar-refractivity contribution is -0.385. The molecule has 1 N–H and O–H groups in total. The van der Waals surface area contributed by atoms with Crippen LogP contribution in [0.2, 0.25) is 5.02 Å². The van der Waals surface area contributed by atoms with Gasteiger partial charge in [0.2, 0.25) is 5.91 Å². The van der Waals surface area contributed by atoms with Crippen LogP contribution >= 0.6 is 11.6 Å². The lowest BCUT2D eigenvalue weighted by Crippen LogP contribution is -2.44. The number of carbonyl (C=O) groups is 2. The molecule has 0 spiro atoms. The lowest BCUT2D eigenvalue weighted by atomic mass is 10.1. The fourth-order valence-corrected chi connectivity index (χ4v) is 1.85. The van der Waals surface area contributed by atoms with E-state index >= 15 is 0 Å². The number of hydrogen-bond acceptors (Lipinski definition) is 4. The van der Waals surface area contributed by atoms with Gasteiger partial charge in [0.25, 0.3) is 5.91 Å². The molecular weight excluding hydrogens is 286 g/mol. The molecule has 8 heteroatoms. The van der Waals surface area contributed by atoms with Crippen molar-refractivity contribution in [2.24, 2.45) is 0 Å². The highest BCUT2D eigenvalue weighted by molar-refractivity contribution is 6.33. The first kappa shape index (κ1) is 15.9. The minimum atomic E-state index is -0.795. The fraction of sp³-hybridized carbons (Fsp3) is 0.333. The van der Waals surface area contributed by atoms with Crippen LogP contribution in [0.15, 0.2) is 18.2 Å². The Hall–Kier alpha value is -2.15. The standard InChI is InChI=1S/C12H14ClN3O4/c1-7(12(18)15(2)3)14-11(17)8-5-4-6-9(13)10(8)16(19)20/h4-7H,1-3H3,(H,14,17). The minimum absolute atomic E-state index is 0.130. The first-order valence-corrected chi connectivity index (χ1v) is 6.08. The summed E-state index contributed by atoms with van der Waals surface area (Å²) in [6.07, 6.45) is 0. The fourth-order valence-electron chi connectivity index (χ4n) is 1.61. The van der Waals surface area contributed by atoms with Gasteiger partial charge in [-0.15, -0.1) is 0 Å². The molecule has 108 valence electrons. The van der Waals surface area contributed by atoms with Gasteiger partial charge in [-0.1, -0.05) is 17.7 Å². The number of nitro benzene ring substituents is 1. The molecule has 0 radical (unpaired) electrons. The van der Waals surface area contributed by atoms with E-state index in [-0.39, 0.29) is 16.5 Å². The summed E-state index contributed by atoms with van der Waals surface area (Å²) in [5.41, 5.74) is -0.655. The minimum Gasteiger partial charge on any atom is -0.347 e. The van der Waals surface area contributed by atoms with E-state index in [2.05, 4.69) is 5.32 Å². The highest BCUT2D eigenvalue weighted by Crippen LogP contribution is 2.28. The highest BCUT2D eigenvalue weighted by Gasteiger charge is 2.26. The predicted octanol–water partition coefficient (Wildman–Crippen LogP) is 1.45. The number of halogens is 1.